The molecule has 1 rings (SSSR count). The second kappa shape index (κ2) is 9.15. The van der Waals surface area contributed by atoms with Crippen molar-refractivity contribution in [2.75, 3.05) is 25.4 Å². The molecule has 0 amide bonds. The number of halogens is 1. The van der Waals surface area contributed by atoms with E-state index in [4.69, 9.17) is 5.21 Å². The van der Waals surface area contributed by atoms with E-state index in [0.29, 0.717) is 5.56 Å². The number of ketones is 1. The van der Waals surface area contributed by atoms with Crippen LogP contribution >= 0.6 is 27.7 Å². The molecule has 0 aliphatic rings. The summed E-state index contributed by atoms with van der Waals surface area (Å²) in [5.41, 5.74) is 0.524. The zero-order chi connectivity index (χ0) is 15.0. The standard InChI is InChI=1S/C14H19BrN2O2S/c1-3-17(4-2)9-10-20-14(16-19)13(18)11-5-7-12(15)8-6-11/h5-8,19H,3-4,9-10H2,1-2H3/b16-14-. The number of carbonyl (C=O) groups is 1. The Hall–Kier alpha value is -0.850. The average molecular weight is 359 g/mol. The van der Waals surface area contributed by atoms with Gasteiger partial charge >= 0.3 is 0 Å². The van der Waals surface area contributed by atoms with E-state index in [0.717, 1.165) is 29.9 Å². The molecule has 0 aliphatic carbocycles. The molecule has 4 nitrogen and oxygen atoms in total. The van der Waals surface area contributed by atoms with Crippen LogP contribution in [0.4, 0.5) is 0 Å². The van der Waals surface area contributed by atoms with Crippen molar-refractivity contribution in [3.8, 4) is 0 Å². The molecule has 0 unspecified atom stereocenters. The number of rotatable bonds is 7. The van der Waals surface area contributed by atoms with Gasteiger partial charge in [0.05, 0.1) is 0 Å². The molecule has 0 spiro atoms. The van der Waals surface area contributed by atoms with Crippen LogP contribution in [0.5, 0.6) is 0 Å². The first-order valence-corrected chi connectivity index (χ1v) is 8.27. The summed E-state index contributed by atoms with van der Waals surface area (Å²) in [7, 11) is 0. The number of Topliss-reactive ketones (excluding diaryl/α,β-unsaturated/α-hetero) is 1. The molecule has 0 bridgehead atoms. The maximum absolute atomic E-state index is 12.2. The van der Waals surface area contributed by atoms with Crippen molar-refractivity contribution in [1.29, 1.82) is 0 Å². The van der Waals surface area contributed by atoms with Gasteiger partial charge in [-0.1, -0.05) is 46.7 Å². The highest BCUT2D eigenvalue weighted by Gasteiger charge is 2.15. The Morgan fingerprint density at radius 3 is 2.40 bits per heavy atom. The van der Waals surface area contributed by atoms with Crippen LogP contribution in [0.1, 0.15) is 24.2 Å². The van der Waals surface area contributed by atoms with Crippen LogP contribution in [-0.2, 0) is 0 Å². The van der Waals surface area contributed by atoms with Crippen molar-refractivity contribution in [3.63, 3.8) is 0 Å². The van der Waals surface area contributed by atoms with E-state index in [1.54, 1.807) is 24.3 Å². The Kier molecular flexibility index (Phi) is 7.87. The molecule has 6 heteroatoms. The minimum Gasteiger partial charge on any atom is -0.410 e. The van der Waals surface area contributed by atoms with Crippen LogP contribution in [0.25, 0.3) is 0 Å². The minimum atomic E-state index is -0.246. The van der Waals surface area contributed by atoms with E-state index in [1.807, 2.05) is 0 Å². The summed E-state index contributed by atoms with van der Waals surface area (Å²) in [5, 5.41) is 12.3. The molecular weight excluding hydrogens is 340 g/mol. The smallest absolute Gasteiger partial charge is 0.221 e. The highest BCUT2D eigenvalue weighted by molar-refractivity contribution is 9.10. The third-order valence-corrected chi connectivity index (χ3v) is 4.39. The Morgan fingerprint density at radius 2 is 1.90 bits per heavy atom. The molecule has 0 atom stereocenters. The first-order valence-electron chi connectivity index (χ1n) is 6.49. The van der Waals surface area contributed by atoms with E-state index >= 15 is 0 Å². The summed E-state index contributed by atoms with van der Waals surface area (Å²) in [4.78, 5) is 14.4. The van der Waals surface area contributed by atoms with E-state index in [-0.39, 0.29) is 10.8 Å². The summed E-state index contributed by atoms with van der Waals surface area (Å²) in [5.74, 6) is 0.480. The summed E-state index contributed by atoms with van der Waals surface area (Å²) in [6, 6.07) is 7.01. The summed E-state index contributed by atoms with van der Waals surface area (Å²) >= 11 is 4.61. The van der Waals surface area contributed by atoms with Gasteiger partial charge in [-0.25, -0.2) is 0 Å². The maximum Gasteiger partial charge on any atom is 0.221 e. The summed E-state index contributed by atoms with van der Waals surface area (Å²) in [6.45, 7) is 7.02. The molecule has 0 aromatic heterocycles. The number of hydrogen-bond donors (Lipinski definition) is 1. The maximum atomic E-state index is 12.2. The van der Waals surface area contributed by atoms with Crippen LogP contribution in [-0.4, -0.2) is 46.3 Å². The van der Waals surface area contributed by atoms with Gasteiger partial charge in [0.2, 0.25) is 5.78 Å². The van der Waals surface area contributed by atoms with Gasteiger partial charge in [-0.3, -0.25) is 4.79 Å². The molecule has 1 aromatic rings. The lowest BCUT2D eigenvalue weighted by Crippen LogP contribution is -2.26. The normalized spacial score (nSPS) is 11.9. The zero-order valence-electron chi connectivity index (χ0n) is 11.7. The highest BCUT2D eigenvalue weighted by atomic mass is 79.9. The molecule has 110 valence electrons. The van der Waals surface area contributed by atoms with Gasteiger partial charge in [0.25, 0.3) is 0 Å². The first kappa shape index (κ1) is 17.2. The molecular formula is C14H19BrN2O2S. The Bertz CT molecular complexity index is 459. The fourth-order valence-corrected chi connectivity index (χ4v) is 2.79. The van der Waals surface area contributed by atoms with Crippen molar-refractivity contribution in [2.45, 2.75) is 13.8 Å². The first-order chi connectivity index (χ1) is 9.62. The molecule has 1 aromatic carbocycles. The third kappa shape index (κ3) is 5.26. The van der Waals surface area contributed by atoms with Crippen molar-refractivity contribution in [3.05, 3.63) is 34.3 Å². The van der Waals surface area contributed by atoms with E-state index in [2.05, 4.69) is 39.8 Å². The molecule has 0 saturated heterocycles. The summed E-state index contributed by atoms with van der Waals surface area (Å²) < 4.78 is 0.908. The van der Waals surface area contributed by atoms with Gasteiger partial charge < -0.3 is 10.1 Å². The van der Waals surface area contributed by atoms with Gasteiger partial charge in [0.1, 0.15) is 0 Å². The lowest BCUT2D eigenvalue weighted by atomic mass is 10.1. The highest BCUT2D eigenvalue weighted by Crippen LogP contribution is 2.15. The lowest BCUT2D eigenvalue weighted by molar-refractivity contribution is 0.106. The van der Waals surface area contributed by atoms with E-state index in [9.17, 15) is 4.79 Å². The largest absolute Gasteiger partial charge is 0.410 e. The van der Waals surface area contributed by atoms with Crippen LogP contribution < -0.4 is 0 Å². The number of carbonyl (C=O) groups excluding carboxylic acids is 1. The fraction of sp³-hybridized carbons (Fsp3) is 0.429. The van der Waals surface area contributed by atoms with Gasteiger partial charge in [-0.05, 0) is 37.4 Å². The number of nitrogens with zero attached hydrogens (tertiary/aromatic N) is 2. The zero-order valence-corrected chi connectivity index (χ0v) is 14.1. The van der Waals surface area contributed by atoms with Crippen LogP contribution in [0.15, 0.2) is 33.9 Å². The van der Waals surface area contributed by atoms with Crippen LogP contribution in [0.2, 0.25) is 0 Å². The van der Waals surface area contributed by atoms with Crippen molar-refractivity contribution in [2.24, 2.45) is 5.16 Å². The number of oxime groups is 1. The van der Waals surface area contributed by atoms with Crippen LogP contribution in [0.3, 0.4) is 0 Å². The molecule has 1 N–H and O–H groups in total. The Morgan fingerprint density at radius 1 is 1.30 bits per heavy atom. The van der Waals surface area contributed by atoms with Gasteiger partial charge in [0, 0.05) is 22.3 Å². The fourth-order valence-electron chi connectivity index (χ4n) is 1.68. The van der Waals surface area contributed by atoms with Crippen molar-refractivity contribution >= 4 is 38.5 Å². The molecule has 0 saturated carbocycles. The predicted octanol–water partition coefficient (Wildman–Crippen LogP) is 3.49. The Balaban J connectivity index is 2.58. The number of hydrogen-bond acceptors (Lipinski definition) is 5. The minimum absolute atomic E-state index is 0.138. The van der Waals surface area contributed by atoms with Gasteiger partial charge in [-0.15, -0.1) is 0 Å². The second-order valence-electron chi connectivity index (χ2n) is 4.12. The van der Waals surface area contributed by atoms with Crippen LogP contribution in [0, 0.1) is 0 Å². The van der Waals surface area contributed by atoms with E-state index in [1.165, 1.54) is 11.8 Å². The molecule has 0 heterocycles. The summed E-state index contributed by atoms with van der Waals surface area (Å²) in [6.07, 6.45) is 0. The topological polar surface area (TPSA) is 52.9 Å². The quantitative estimate of drug-likeness (QED) is 0.266. The lowest BCUT2D eigenvalue weighted by Gasteiger charge is -2.17. The van der Waals surface area contributed by atoms with Gasteiger partial charge in [0.15, 0.2) is 5.04 Å². The number of thioether (sulfide) groups is 1. The predicted molar refractivity (Wildman–Crippen MR) is 87.9 cm³/mol. The third-order valence-electron chi connectivity index (χ3n) is 2.93. The van der Waals surface area contributed by atoms with E-state index < -0.39 is 0 Å². The van der Waals surface area contributed by atoms with Crippen molar-refractivity contribution < 1.29 is 10.0 Å². The number of benzene rings is 1. The molecule has 0 aliphatic heterocycles. The molecule has 20 heavy (non-hydrogen) atoms. The molecule has 0 fully saturated rings. The van der Waals surface area contributed by atoms with Gasteiger partial charge in [-0.2, -0.15) is 0 Å². The Labute approximate surface area is 132 Å². The average Bonchev–Trinajstić information content (AvgIpc) is 2.48. The van der Waals surface area contributed by atoms with Crippen molar-refractivity contribution in [1.82, 2.24) is 4.90 Å². The molecule has 0 radical (unpaired) electrons. The SMILES string of the molecule is CCN(CC)CCS/C(=N\O)C(=O)c1ccc(Br)cc1. The second-order valence-corrected chi connectivity index (χ2v) is 6.12. The monoisotopic (exact) mass is 358 g/mol.